The number of hydrogen-bond donors (Lipinski definition) is 0. The largest absolute Gasteiger partial charge is 0.421 e. The van der Waals surface area contributed by atoms with Crippen LogP contribution in [0.4, 0.5) is 0 Å². The predicted molar refractivity (Wildman–Crippen MR) is 79.5 cm³/mol. The Labute approximate surface area is 123 Å². The molecule has 0 atom stereocenters. The van der Waals surface area contributed by atoms with E-state index in [1.165, 1.54) is 0 Å². The first-order valence-corrected chi connectivity index (χ1v) is 7.02. The van der Waals surface area contributed by atoms with Crippen molar-refractivity contribution in [3.05, 3.63) is 48.0 Å². The van der Waals surface area contributed by atoms with E-state index in [0.29, 0.717) is 5.56 Å². The van der Waals surface area contributed by atoms with Crippen molar-refractivity contribution in [3.8, 4) is 0 Å². The summed E-state index contributed by atoms with van der Waals surface area (Å²) in [7, 11) is 0. The van der Waals surface area contributed by atoms with Crippen molar-refractivity contribution in [2.45, 2.75) is 33.0 Å². The van der Waals surface area contributed by atoms with Gasteiger partial charge in [-0.15, -0.1) is 0 Å². The monoisotopic (exact) mass is 286 g/mol. The lowest BCUT2D eigenvalue weighted by molar-refractivity contribution is -0.189. The van der Waals surface area contributed by atoms with Crippen LogP contribution in [0.2, 0.25) is 0 Å². The molecule has 0 aromatic heterocycles. The molecule has 0 unspecified atom stereocenters. The summed E-state index contributed by atoms with van der Waals surface area (Å²) in [4.78, 5) is 23.2. The summed E-state index contributed by atoms with van der Waals surface area (Å²) in [6, 6.07) is 13.3. The number of fused-ring (bicyclic) bond motifs is 1. The fraction of sp³-hybridized carbons (Fsp3) is 0.294. The third-order valence-corrected chi connectivity index (χ3v) is 3.13. The summed E-state index contributed by atoms with van der Waals surface area (Å²) >= 11 is 0. The fourth-order valence-corrected chi connectivity index (χ4v) is 2.01. The molecule has 110 valence electrons. The summed E-state index contributed by atoms with van der Waals surface area (Å²) in [6.45, 7) is 3.40. The molecule has 0 amide bonds. The molecule has 0 aliphatic carbocycles. The average Bonchev–Trinajstić information content (AvgIpc) is 2.53. The van der Waals surface area contributed by atoms with Gasteiger partial charge in [0.25, 0.3) is 6.29 Å². The van der Waals surface area contributed by atoms with Gasteiger partial charge in [0.1, 0.15) is 0 Å². The highest BCUT2D eigenvalue weighted by molar-refractivity contribution is 5.86. The second kappa shape index (κ2) is 6.88. The van der Waals surface area contributed by atoms with Crippen LogP contribution in [-0.4, -0.2) is 11.9 Å². The van der Waals surface area contributed by atoms with E-state index in [4.69, 9.17) is 9.47 Å². The minimum absolute atomic E-state index is 0.227. The number of benzene rings is 2. The van der Waals surface area contributed by atoms with E-state index in [9.17, 15) is 9.59 Å². The van der Waals surface area contributed by atoms with Crippen LogP contribution in [-0.2, 0) is 19.1 Å². The molecule has 4 heteroatoms. The van der Waals surface area contributed by atoms with Crippen LogP contribution in [0, 0.1) is 0 Å². The van der Waals surface area contributed by atoms with Gasteiger partial charge < -0.3 is 9.47 Å². The Bertz CT molecular complexity index is 625. The van der Waals surface area contributed by atoms with Gasteiger partial charge in [-0.3, -0.25) is 9.59 Å². The topological polar surface area (TPSA) is 52.6 Å². The molecular formula is C17H18O4. The van der Waals surface area contributed by atoms with Crippen molar-refractivity contribution in [1.29, 1.82) is 0 Å². The van der Waals surface area contributed by atoms with Gasteiger partial charge in [0.2, 0.25) is 0 Å². The average molecular weight is 286 g/mol. The molecule has 0 radical (unpaired) electrons. The quantitative estimate of drug-likeness (QED) is 0.620. The lowest BCUT2D eigenvalue weighted by Crippen LogP contribution is -2.17. The van der Waals surface area contributed by atoms with Gasteiger partial charge >= 0.3 is 11.9 Å². The lowest BCUT2D eigenvalue weighted by Gasteiger charge is -2.19. The van der Waals surface area contributed by atoms with E-state index in [1.807, 2.05) is 36.4 Å². The number of rotatable bonds is 5. The van der Waals surface area contributed by atoms with Gasteiger partial charge in [0, 0.05) is 18.4 Å². The Hall–Kier alpha value is -2.36. The molecule has 0 aliphatic rings. The van der Waals surface area contributed by atoms with Crippen LogP contribution < -0.4 is 0 Å². The van der Waals surface area contributed by atoms with E-state index >= 15 is 0 Å². The first kappa shape index (κ1) is 15.0. The Morgan fingerprint density at radius 2 is 1.48 bits per heavy atom. The van der Waals surface area contributed by atoms with Crippen LogP contribution in [0.15, 0.2) is 42.5 Å². The molecule has 0 saturated carbocycles. The molecule has 0 spiro atoms. The van der Waals surface area contributed by atoms with Gasteiger partial charge in [0.05, 0.1) is 0 Å². The second-order valence-electron chi connectivity index (χ2n) is 4.59. The van der Waals surface area contributed by atoms with Crippen LogP contribution in [0.25, 0.3) is 10.8 Å². The molecule has 0 aliphatic heterocycles. The molecule has 2 aromatic carbocycles. The maximum Gasteiger partial charge on any atom is 0.308 e. The number of carbonyl (C=O) groups is 2. The van der Waals surface area contributed by atoms with E-state index in [0.717, 1.165) is 10.8 Å². The van der Waals surface area contributed by atoms with Crippen LogP contribution in [0.3, 0.4) is 0 Å². The number of hydrogen-bond acceptors (Lipinski definition) is 4. The molecule has 2 aromatic rings. The minimum Gasteiger partial charge on any atom is -0.421 e. The summed E-state index contributed by atoms with van der Waals surface area (Å²) in [5, 5.41) is 1.90. The molecular weight excluding hydrogens is 268 g/mol. The van der Waals surface area contributed by atoms with E-state index in [1.54, 1.807) is 19.9 Å². The van der Waals surface area contributed by atoms with Crippen molar-refractivity contribution in [3.63, 3.8) is 0 Å². The van der Waals surface area contributed by atoms with Crippen molar-refractivity contribution in [2.75, 3.05) is 0 Å². The van der Waals surface area contributed by atoms with Crippen molar-refractivity contribution >= 4 is 22.7 Å². The summed E-state index contributed by atoms with van der Waals surface area (Å²) < 4.78 is 10.6. The summed E-state index contributed by atoms with van der Waals surface area (Å²) in [6.07, 6.45) is -0.549. The summed E-state index contributed by atoms with van der Waals surface area (Å²) in [5.41, 5.74) is 0.678. The van der Waals surface area contributed by atoms with Crippen molar-refractivity contribution < 1.29 is 19.1 Å². The smallest absolute Gasteiger partial charge is 0.308 e. The highest BCUT2D eigenvalue weighted by Gasteiger charge is 2.21. The molecule has 21 heavy (non-hydrogen) atoms. The molecule has 0 fully saturated rings. The maximum absolute atomic E-state index is 11.6. The van der Waals surface area contributed by atoms with Gasteiger partial charge in [-0.05, 0) is 10.8 Å². The van der Waals surface area contributed by atoms with Crippen LogP contribution in [0.1, 0.15) is 38.5 Å². The lowest BCUT2D eigenvalue weighted by atomic mass is 10.0. The number of esters is 2. The zero-order valence-corrected chi connectivity index (χ0v) is 12.2. The minimum atomic E-state index is -1.00. The van der Waals surface area contributed by atoms with E-state index in [-0.39, 0.29) is 12.8 Å². The maximum atomic E-state index is 11.6. The van der Waals surface area contributed by atoms with Gasteiger partial charge in [-0.1, -0.05) is 56.3 Å². The van der Waals surface area contributed by atoms with Gasteiger partial charge in [-0.25, -0.2) is 0 Å². The van der Waals surface area contributed by atoms with Gasteiger partial charge in [0.15, 0.2) is 0 Å². The highest BCUT2D eigenvalue weighted by atomic mass is 16.7. The van der Waals surface area contributed by atoms with Crippen LogP contribution in [0.5, 0.6) is 0 Å². The molecule has 2 rings (SSSR count). The molecule has 0 saturated heterocycles. The predicted octanol–water partition coefficient (Wildman–Crippen LogP) is 3.74. The molecule has 0 heterocycles. The SMILES string of the molecule is CCC(=O)OC(OC(=O)CC)c1cccc2ccccc12. The van der Waals surface area contributed by atoms with Gasteiger partial charge in [-0.2, -0.15) is 0 Å². The molecule has 0 N–H and O–H groups in total. The molecule has 0 bridgehead atoms. The fourth-order valence-electron chi connectivity index (χ4n) is 2.01. The second-order valence-corrected chi connectivity index (χ2v) is 4.59. The van der Waals surface area contributed by atoms with E-state index < -0.39 is 18.2 Å². The van der Waals surface area contributed by atoms with Crippen molar-refractivity contribution in [2.24, 2.45) is 0 Å². The zero-order valence-electron chi connectivity index (χ0n) is 12.2. The summed E-state index contributed by atoms with van der Waals surface area (Å²) in [5.74, 6) is -0.811. The normalized spacial score (nSPS) is 10.6. The first-order chi connectivity index (χ1) is 10.2. The van der Waals surface area contributed by atoms with E-state index in [2.05, 4.69) is 0 Å². The Balaban J connectivity index is 2.42. The standard InChI is InChI=1S/C17H18O4/c1-3-15(18)20-17(21-16(19)4-2)14-11-7-9-12-8-5-6-10-13(12)14/h5-11,17H,3-4H2,1-2H3. The Morgan fingerprint density at radius 1 is 0.905 bits per heavy atom. The van der Waals surface area contributed by atoms with Crippen LogP contribution >= 0.6 is 0 Å². The Kier molecular flexibility index (Phi) is 4.93. The Morgan fingerprint density at radius 3 is 2.10 bits per heavy atom. The third kappa shape index (κ3) is 3.60. The van der Waals surface area contributed by atoms with Crippen molar-refractivity contribution in [1.82, 2.24) is 0 Å². The zero-order chi connectivity index (χ0) is 15.2. The third-order valence-electron chi connectivity index (χ3n) is 3.13. The number of carbonyl (C=O) groups excluding carboxylic acids is 2. The molecule has 4 nitrogen and oxygen atoms in total. The number of ether oxygens (including phenoxy) is 2. The highest BCUT2D eigenvalue weighted by Crippen LogP contribution is 2.28. The first-order valence-electron chi connectivity index (χ1n) is 7.02.